The van der Waals surface area contributed by atoms with Crippen molar-refractivity contribution in [1.82, 2.24) is 9.80 Å². The van der Waals surface area contributed by atoms with Crippen LogP contribution in [0.3, 0.4) is 0 Å². The summed E-state index contributed by atoms with van der Waals surface area (Å²) < 4.78 is 5.39. The van der Waals surface area contributed by atoms with Crippen LogP contribution in [-0.4, -0.2) is 54.9 Å². The third-order valence-electron chi connectivity index (χ3n) is 6.21. The summed E-state index contributed by atoms with van der Waals surface area (Å²) in [5.74, 6) is 0.568. The monoisotopic (exact) mass is 426 g/mol. The molecule has 0 radical (unpaired) electrons. The smallest absolute Gasteiger partial charge is 0.253 e. The number of carbonyl (C=O) groups excluding carboxylic acids is 2. The van der Waals surface area contributed by atoms with E-state index in [4.69, 9.17) is 16.3 Å². The molecule has 0 saturated carbocycles. The Labute approximate surface area is 182 Å². The second-order valence-electron chi connectivity index (χ2n) is 8.09. The predicted octanol–water partition coefficient (Wildman–Crippen LogP) is 4.22. The molecule has 2 atom stereocenters. The standard InChI is InChI=1S/C24H27ClN2O3/c1-30-20-7-5-6-18(14-20)21-15-27(23(28)17-8-10-19(25)11-9-17)16-22(21)24(29)26-12-3-2-4-13-26/h5-11,14,21-22H,2-4,12-13,15-16H2,1H3/t21-,22+/m1/s1. The lowest BCUT2D eigenvalue weighted by Crippen LogP contribution is -2.42. The van der Waals surface area contributed by atoms with Crippen molar-refractivity contribution in [2.45, 2.75) is 25.2 Å². The van der Waals surface area contributed by atoms with Gasteiger partial charge in [-0.05, 0) is 61.2 Å². The van der Waals surface area contributed by atoms with Crippen LogP contribution in [0.4, 0.5) is 0 Å². The van der Waals surface area contributed by atoms with Gasteiger partial charge >= 0.3 is 0 Å². The number of methoxy groups -OCH3 is 1. The maximum absolute atomic E-state index is 13.4. The van der Waals surface area contributed by atoms with Gasteiger partial charge in [0.05, 0.1) is 13.0 Å². The van der Waals surface area contributed by atoms with Gasteiger partial charge in [0.2, 0.25) is 5.91 Å². The molecule has 0 aromatic heterocycles. The number of carbonyl (C=O) groups is 2. The largest absolute Gasteiger partial charge is 0.497 e. The number of rotatable bonds is 4. The maximum atomic E-state index is 13.4. The number of likely N-dealkylation sites (tertiary alicyclic amines) is 2. The van der Waals surface area contributed by atoms with E-state index in [1.165, 1.54) is 6.42 Å². The van der Waals surface area contributed by atoms with Crippen LogP contribution in [0.5, 0.6) is 5.75 Å². The summed E-state index contributed by atoms with van der Waals surface area (Å²) in [6.07, 6.45) is 3.28. The van der Waals surface area contributed by atoms with Crippen molar-refractivity contribution in [1.29, 1.82) is 0 Å². The highest BCUT2D eigenvalue weighted by Crippen LogP contribution is 2.36. The first-order valence-electron chi connectivity index (χ1n) is 10.5. The quantitative estimate of drug-likeness (QED) is 0.735. The van der Waals surface area contributed by atoms with Crippen molar-refractivity contribution in [2.75, 3.05) is 33.3 Å². The molecule has 2 aromatic carbocycles. The summed E-state index contributed by atoms with van der Waals surface area (Å²) in [6.45, 7) is 2.56. The summed E-state index contributed by atoms with van der Waals surface area (Å²) in [6, 6.07) is 14.8. The molecular formula is C24H27ClN2O3. The lowest BCUT2D eigenvalue weighted by molar-refractivity contribution is -0.136. The lowest BCUT2D eigenvalue weighted by atomic mass is 9.87. The number of hydrogen-bond donors (Lipinski definition) is 0. The van der Waals surface area contributed by atoms with Crippen molar-refractivity contribution < 1.29 is 14.3 Å². The molecule has 2 aromatic rings. The number of benzene rings is 2. The number of ether oxygens (including phenoxy) is 1. The van der Waals surface area contributed by atoms with E-state index in [0.717, 1.165) is 37.2 Å². The Morgan fingerprint density at radius 2 is 1.70 bits per heavy atom. The molecule has 6 heteroatoms. The summed E-state index contributed by atoms with van der Waals surface area (Å²) >= 11 is 5.97. The third-order valence-corrected chi connectivity index (χ3v) is 6.46. The van der Waals surface area contributed by atoms with Crippen LogP contribution in [-0.2, 0) is 4.79 Å². The van der Waals surface area contributed by atoms with Crippen LogP contribution in [0.2, 0.25) is 5.02 Å². The van der Waals surface area contributed by atoms with Gasteiger partial charge in [-0.2, -0.15) is 0 Å². The molecule has 5 nitrogen and oxygen atoms in total. The molecule has 0 bridgehead atoms. The van der Waals surface area contributed by atoms with Crippen molar-refractivity contribution >= 4 is 23.4 Å². The SMILES string of the molecule is COc1cccc([C@H]2CN(C(=O)c3ccc(Cl)cc3)C[C@@H]2C(=O)N2CCCCC2)c1. The fourth-order valence-electron chi connectivity index (χ4n) is 4.55. The Morgan fingerprint density at radius 3 is 2.40 bits per heavy atom. The number of hydrogen-bond acceptors (Lipinski definition) is 3. The first-order chi connectivity index (χ1) is 14.6. The second-order valence-corrected chi connectivity index (χ2v) is 8.53. The molecule has 2 aliphatic rings. The van der Waals surface area contributed by atoms with Gasteiger partial charge in [-0.25, -0.2) is 0 Å². The average molecular weight is 427 g/mol. The van der Waals surface area contributed by atoms with Gasteiger partial charge < -0.3 is 14.5 Å². The molecule has 158 valence electrons. The van der Waals surface area contributed by atoms with Crippen LogP contribution in [0.25, 0.3) is 0 Å². The van der Waals surface area contributed by atoms with Gasteiger partial charge in [-0.1, -0.05) is 23.7 Å². The van der Waals surface area contributed by atoms with Crippen LogP contribution in [0.15, 0.2) is 48.5 Å². The Hall–Kier alpha value is -2.53. The van der Waals surface area contributed by atoms with Crippen molar-refractivity contribution in [3.63, 3.8) is 0 Å². The van der Waals surface area contributed by atoms with E-state index in [9.17, 15) is 9.59 Å². The highest BCUT2D eigenvalue weighted by Gasteiger charge is 2.42. The minimum atomic E-state index is -0.244. The van der Waals surface area contributed by atoms with Gasteiger partial charge in [0.15, 0.2) is 0 Å². The Kier molecular flexibility index (Phi) is 6.28. The summed E-state index contributed by atoms with van der Waals surface area (Å²) in [4.78, 5) is 30.4. The molecule has 2 heterocycles. The highest BCUT2D eigenvalue weighted by atomic mass is 35.5. The van der Waals surface area contributed by atoms with Gasteiger partial charge in [-0.3, -0.25) is 9.59 Å². The molecule has 2 saturated heterocycles. The molecule has 4 rings (SSSR count). The molecule has 2 amide bonds. The third kappa shape index (κ3) is 4.31. The van der Waals surface area contributed by atoms with Crippen LogP contribution >= 0.6 is 11.6 Å². The van der Waals surface area contributed by atoms with Crippen molar-refractivity contribution in [3.05, 3.63) is 64.7 Å². The van der Waals surface area contributed by atoms with Crippen LogP contribution in [0.1, 0.15) is 41.1 Å². The van der Waals surface area contributed by atoms with E-state index in [1.54, 1.807) is 36.3 Å². The second kappa shape index (κ2) is 9.09. The highest BCUT2D eigenvalue weighted by molar-refractivity contribution is 6.30. The molecule has 2 fully saturated rings. The minimum absolute atomic E-state index is 0.0502. The molecular weight excluding hydrogens is 400 g/mol. The fourth-order valence-corrected chi connectivity index (χ4v) is 4.68. The zero-order valence-electron chi connectivity index (χ0n) is 17.2. The summed E-state index contributed by atoms with van der Waals surface area (Å²) in [7, 11) is 1.64. The Balaban J connectivity index is 1.61. The number of halogens is 1. The minimum Gasteiger partial charge on any atom is -0.497 e. The van der Waals surface area contributed by atoms with E-state index in [1.807, 2.05) is 29.2 Å². The Bertz CT molecular complexity index is 909. The topological polar surface area (TPSA) is 49.9 Å². The number of piperidine rings is 1. The zero-order chi connectivity index (χ0) is 21.1. The summed E-state index contributed by atoms with van der Waals surface area (Å²) in [5.41, 5.74) is 1.63. The van der Waals surface area contributed by atoms with Gasteiger partial charge in [0.25, 0.3) is 5.91 Å². The number of nitrogens with zero attached hydrogens (tertiary/aromatic N) is 2. The fraction of sp³-hybridized carbons (Fsp3) is 0.417. The number of amides is 2. The van der Waals surface area contributed by atoms with E-state index < -0.39 is 0 Å². The lowest BCUT2D eigenvalue weighted by Gasteiger charge is -2.31. The van der Waals surface area contributed by atoms with Crippen LogP contribution < -0.4 is 4.74 Å². The summed E-state index contributed by atoms with van der Waals surface area (Å²) in [5, 5.41) is 0.598. The average Bonchev–Trinajstić information content (AvgIpc) is 3.25. The van der Waals surface area contributed by atoms with E-state index in [2.05, 4.69) is 0 Å². The predicted molar refractivity (Wildman–Crippen MR) is 117 cm³/mol. The van der Waals surface area contributed by atoms with E-state index in [-0.39, 0.29) is 23.7 Å². The molecule has 0 unspecified atom stereocenters. The molecule has 0 spiro atoms. The van der Waals surface area contributed by atoms with Gasteiger partial charge in [0, 0.05) is 42.7 Å². The van der Waals surface area contributed by atoms with E-state index in [0.29, 0.717) is 23.7 Å². The van der Waals surface area contributed by atoms with Crippen molar-refractivity contribution in [2.24, 2.45) is 5.92 Å². The normalized spacial score (nSPS) is 21.5. The molecule has 0 N–H and O–H groups in total. The zero-order valence-corrected chi connectivity index (χ0v) is 18.0. The van der Waals surface area contributed by atoms with Gasteiger partial charge in [-0.15, -0.1) is 0 Å². The van der Waals surface area contributed by atoms with Gasteiger partial charge in [0.1, 0.15) is 5.75 Å². The Morgan fingerprint density at radius 1 is 0.967 bits per heavy atom. The van der Waals surface area contributed by atoms with E-state index >= 15 is 0 Å². The maximum Gasteiger partial charge on any atom is 0.253 e. The molecule has 0 aliphatic carbocycles. The first-order valence-corrected chi connectivity index (χ1v) is 10.9. The molecule has 30 heavy (non-hydrogen) atoms. The van der Waals surface area contributed by atoms with Crippen molar-refractivity contribution in [3.8, 4) is 5.75 Å². The molecule has 2 aliphatic heterocycles. The first kappa shape index (κ1) is 20.7. The van der Waals surface area contributed by atoms with Crippen LogP contribution in [0, 0.1) is 5.92 Å².